The van der Waals surface area contributed by atoms with Crippen LogP contribution in [0.1, 0.15) is 24.8 Å². The van der Waals surface area contributed by atoms with E-state index in [2.05, 4.69) is 25.1 Å². The summed E-state index contributed by atoms with van der Waals surface area (Å²) >= 11 is 6.08. The maximum atomic E-state index is 14.2. The molecule has 2 bridgehead atoms. The van der Waals surface area contributed by atoms with Gasteiger partial charge in [-0.1, -0.05) is 17.7 Å². The Balaban J connectivity index is 1.21. The molecule has 2 aromatic heterocycles. The summed E-state index contributed by atoms with van der Waals surface area (Å²) in [6, 6.07) is 7.51. The number of aryl methyl sites for hydroxylation is 2. The summed E-state index contributed by atoms with van der Waals surface area (Å²) in [5.74, 6) is 3.09. The van der Waals surface area contributed by atoms with Crippen molar-refractivity contribution in [3.63, 3.8) is 0 Å². The number of rotatable bonds is 4. The van der Waals surface area contributed by atoms with E-state index in [0.717, 1.165) is 50.1 Å². The fourth-order valence-corrected chi connectivity index (χ4v) is 5.65. The third kappa shape index (κ3) is 3.78. The first-order chi connectivity index (χ1) is 16.0. The number of piperidine rings is 1. The van der Waals surface area contributed by atoms with Crippen LogP contribution in [0.5, 0.6) is 0 Å². The highest BCUT2D eigenvalue weighted by atomic mass is 35.5. The monoisotopic (exact) mass is 468 g/mol. The molecule has 1 N–H and O–H groups in total. The van der Waals surface area contributed by atoms with Crippen LogP contribution < -0.4 is 15.1 Å². The first kappa shape index (κ1) is 20.7. The molecule has 1 saturated carbocycles. The molecule has 3 atom stereocenters. The first-order valence-electron chi connectivity index (χ1n) is 11.5. The van der Waals surface area contributed by atoms with E-state index in [-0.39, 0.29) is 5.82 Å². The largest absolute Gasteiger partial charge is 0.356 e. The molecule has 3 aliphatic rings. The predicted octanol–water partition coefficient (Wildman–Crippen LogP) is 4.04. The Morgan fingerprint density at radius 1 is 1.09 bits per heavy atom. The molecule has 4 heterocycles. The third-order valence-electron chi connectivity index (χ3n) is 7.19. The third-order valence-corrected chi connectivity index (χ3v) is 7.39. The Kier molecular flexibility index (Phi) is 5.09. The number of benzene rings is 1. The van der Waals surface area contributed by atoms with E-state index in [9.17, 15) is 4.39 Å². The van der Waals surface area contributed by atoms with Crippen molar-refractivity contribution < 1.29 is 4.39 Å². The van der Waals surface area contributed by atoms with Crippen molar-refractivity contribution >= 4 is 35.0 Å². The molecular formula is C23H26ClFN8. The Bertz CT molecular complexity index is 1170. The molecule has 2 aliphatic heterocycles. The molecule has 0 amide bonds. The number of hydrogen-bond donors (Lipinski definition) is 1. The summed E-state index contributed by atoms with van der Waals surface area (Å²) < 4.78 is 16.1. The van der Waals surface area contributed by atoms with Crippen LogP contribution in [0.3, 0.4) is 0 Å². The summed E-state index contributed by atoms with van der Waals surface area (Å²) in [6.45, 7) is 5.23. The van der Waals surface area contributed by atoms with Crippen molar-refractivity contribution in [3.8, 4) is 0 Å². The van der Waals surface area contributed by atoms with Crippen LogP contribution in [0.15, 0.2) is 30.6 Å². The van der Waals surface area contributed by atoms with Crippen LogP contribution in [0.2, 0.25) is 5.15 Å². The van der Waals surface area contributed by atoms with Gasteiger partial charge in [-0.15, -0.1) is 5.10 Å². The summed E-state index contributed by atoms with van der Waals surface area (Å²) in [5, 5.41) is 8.87. The number of nitrogens with one attached hydrogen (secondary N) is 1. The Morgan fingerprint density at radius 3 is 2.67 bits per heavy atom. The summed E-state index contributed by atoms with van der Waals surface area (Å²) in [5.41, 5.74) is 1.46. The lowest BCUT2D eigenvalue weighted by Crippen LogP contribution is -2.48. The zero-order chi connectivity index (χ0) is 22.5. The van der Waals surface area contributed by atoms with E-state index < -0.39 is 0 Å². The highest BCUT2D eigenvalue weighted by Gasteiger charge is 2.43. The average molecular weight is 469 g/mol. The standard InChI is InChI=1S/C23H26ClFN8/c1-14-3-6-17(9-18(14)25)32-7-2-8-33-23(32)29-22(30-33)28-21-15-4-5-16(21)12-31(11-15)20-10-19(24)26-13-27-20/h3,6,9-10,13,15-16,21H,2,4-5,7-8,11-12H2,1H3,(H,28,30)/t15-,16+,21-. The van der Waals surface area contributed by atoms with Crippen molar-refractivity contribution in [3.05, 3.63) is 47.1 Å². The second-order valence-electron chi connectivity index (χ2n) is 9.27. The summed E-state index contributed by atoms with van der Waals surface area (Å²) in [7, 11) is 0. The second kappa shape index (κ2) is 8.13. The van der Waals surface area contributed by atoms with Gasteiger partial charge < -0.3 is 15.1 Å². The fourth-order valence-electron chi connectivity index (χ4n) is 5.51. The average Bonchev–Trinajstić information content (AvgIpc) is 3.31. The lowest BCUT2D eigenvalue weighted by Gasteiger charge is -2.38. The van der Waals surface area contributed by atoms with Gasteiger partial charge in [0.15, 0.2) is 0 Å². The molecular weight excluding hydrogens is 443 g/mol. The van der Waals surface area contributed by atoms with Gasteiger partial charge in [-0.2, -0.15) is 4.98 Å². The summed E-state index contributed by atoms with van der Waals surface area (Å²) in [6.07, 6.45) is 4.80. The normalized spacial score (nSPS) is 24.2. The van der Waals surface area contributed by atoms with Gasteiger partial charge in [0.25, 0.3) is 0 Å². The van der Waals surface area contributed by atoms with Gasteiger partial charge >= 0.3 is 0 Å². The Morgan fingerprint density at radius 2 is 1.91 bits per heavy atom. The highest BCUT2D eigenvalue weighted by molar-refractivity contribution is 6.29. The molecule has 172 valence electrons. The van der Waals surface area contributed by atoms with Crippen LogP contribution in [0, 0.1) is 24.6 Å². The van der Waals surface area contributed by atoms with Crippen molar-refractivity contribution in [1.29, 1.82) is 0 Å². The van der Waals surface area contributed by atoms with E-state index in [1.165, 1.54) is 19.2 Å². The molecule has 0 unspecified atom stereocenters. The van der Waals surface area contributed by atoms with Crippen LogP contribution in [-0.4, -0.2) is 50.4 Å². The number of halogens is 2. The maximum absolute atomic E-state index is 14.2. The zero-order valence-electron chi connectivity index (χ0n) is 18.5. The quantitative estimate of drug-likeness (QED) is 0.579. The van der Waals surface area contributed by atoms with Crippen molar-refractivity contribution in [2.75, 3.05) is 34.8 Å². The minimum Gasteiger partial charge on any atom is -0.356 e. The lowest BCUT2D eigenvalue weighted by atomic mass is 9.92. The molecule has 1 aromatic carbocycles. The van der Waals surface area contributed by atoms with Gasteiger partial charge in [0, 0.05) is 44.0 Å². The summed E-state index contributed by atoms with van der Waals surface area (Å²) in [4.78, 5) is 17.6. The van der Waals surface area contributed by atoms with E-state index in [1.807, 2.05) is 22.9 Å². The van der Waals surface area contributed by atoms with Gasteiger partial charge in [-0.05, 0) is 55.7 Å². The van der Waals surface area contributed by atoms with Crippen LogP contribution >= 0.6 is 11.6 Å². The van der Waals surface area contributed by atoms with E-state index in [1.54, 1.807) is 13.0 Å². The zero-order valence-corrected chi connectivity index (χ0v) is 19.2. The van der Waals surface area contributed by atoms with Gasteiger partial charge in [-0.3, -0.25) is 0 Å². The second-order valence-corrected chi connectivity index (χ2v) is 9.66. The number of nitrogens with zero attached hydrogens (tertiary/aromatic N) is 7. The topological polar surface area (TPSA) is 75.0 Å². The Hall–Kier alpha value is -2.94. The Labute approximate surface area is 196 Å². The molecule has 10 heteroatoms. The van der Waals surface area contributed by atoms with E-state index in [4.69, 9.17) is 21.7 Å². The molecule has 2 fully saturated rings. The van der Waals surface area contributed by atoms with E-state index >= 15 is 0 Å². The molecule has 1 aliphatic carbocycles. The molecule has 6 rings (SSSR count). The molecule has 0 radical (unpaired) electrons. The molecule has 3 aromatic rings. The SMILES string of the molecule is Cc1ccc(N2CCCn3nc(N[C@@H]4[C@@H]5CC[C@H]4CN(c4cc(Cl)ncn4)C5)nc32)cc1F. The van der Waals surface area contributed by atoms with E-state index in [0.29, 0.717) is 34.5 Å². The lowest BCUT2D eigenvalue weighted by molar-refractivity contribution is 0.374. The fraction of sp³-hybridized carbons (Fsp3) is 0.478. The smallest absolute Gasteiger partial charge is 0.244 e. The minimum absolute atomic E-state index is 0.198. The predicted molar refractivity (Wildman–Crippen MR) is 126 cm³/mol. The van der Waals surface area contributed by atoms with Crippen molar-refractivity contribution in [2.45, 2.75) is 38.8 Å². The molecule has 1 saturated heterocycles. The van der Waals surface area contributed by atoms with Crippen LogP contribution in [0.25, 0.3) is 0 Å². The number of fused-ring (bicyclic) bond motifs is 3. The first-order valence-corrected chi connectivity index (χ1v) is 11.9. The van der Waals surface area contributed by atoms with Gasteiger partial charge in [0.2, 0.25) is 11.9 Å². The molecule has 0 spiro atoms. The van der Waals surface area contributed by atoms with Crippen LogP contribution in [-0.2, 0) is 6.54 Å². The van der Waals surface area contributed by atoms with Gasteiger partial charge in [0.1, 0.15) is 23.1 Å². The highest BCUT2D eigenvalue weighted by Crippen LogP contribution is 2.40. The molecule has 33 heavy (non-hydrogen) atoms. The number of hydrogen-bond acceptors (Lipinski definition) is 7. The number of aromatic nitrogens is 5. The van der Waals surface area contributed by atoms with Gasteiger partial charge in [0.05, 0.1) is 0 Å². The maximum Gasteiger partial charge on any atom is 0.244 e. The van der Waals surface area contributed by atoms with Crippen LogP contribution in [0.4, 0.5) is 27.8 Å². The molecule has 8 nitrogen and oxygen atoms in total. The number of anilines is 4. The van der Waals surface area contributed by atoms with Gasteiger partial charge in [-0.25, -0.2) is 19.0 Å². The van der Waals surface area contributed by atoms with Crippen molar-refractivity contribution in [2.24, 2.45) is 11.8 Å². The minimum atomic E-state index is -0.198. The van der Waals surface area contributed by atoms with Crippen molar-refractivity contribution in [1.82, 2.24) is 24.7 Å².